The Morgan fingerprint density at radius 2 is 2.11 bits per heavy atom. The number of carbonyl (C=O) groups is 1. The molecular weight excluding hydrogens is 313 g/mol. The second-order valence-electron chi connectivity index (χ2n) is 3.80. The number of amides is 1. The fourth-order valence-electron chi connectivity index (χ4n) is 1.56. The van der Waals surface area contributed by atoms with Gasteiger partial charge in [-0.05, 0) is 17.7 Å². The average molecular weight is 321 g/mol. The van der Waals surface area contributed by atoms with Gasteiger partial charge >= 0.3 is 6.18 Å². The summed E-state index contributed by atoms with van der Waals surface area (Å²) in [6, 6.07) is 6.99. The highest BCUT2D eigenvalue weighted by molar-refractivity contribution is 9.10. The van der Waals surface area contributed by atoms with Crippen LogP contribution >= 0.6 is 15.9 Å². The van der Waals surface area contributed by atoms with Crippen LogP contribution in [0.25, 0.3) is 0 Å². The van der Waals surface area contributed by atoms with Gasteiger partial charge in [0.25, 0.3) is 0 Å². The summed E-state index contributed by atoms with van der Waals surface area (Å²) >= 11 is 3.25. The SMILES string of the molecule is O=C1CC(C(F)(F)F)=NN1Cc1cccc(Br)c1. The summed E-state index contributed by atoms with van der Waals surface area (Å²) in [6.07, 6.45) is -5.22. The Morgan fingerprint density at radius 3 is 2.67 bits per heavy atom. The number of halogens is 4. The van der Waals surface area contributed by atoms with Crippen LogP contribution in [0.3, 0.4) is 0 Å². The van der Waals surface area contributed by atoms with Crippen LogP contribution in [0.2, 0.25) is 0 Å². The minimum Gasteiger partial charge on any atom is -0.273 e. The van der Waals surface area contributed by atoms with Gasteiger partial charge in [-0.15, -0.1) is 0 Å². The molecule has 0 fully saturated rings. The van der Waals surface area contributed by atoms with Crippen molar-refractivity contribution in [2.75, 3.05) is 0 Å². The van der Waals surface area contributed by atoms with Gasteiger partial charge in [-0.3, -0.25) is 4.79 Å². The molecule has 7 heteroatoms. The van der Waals surface area contributed by atoms with Crippen molar-refractivity contribution in [3.8, 4) is 0 Å². The summed E-state index contributed by atoms with van der Waals surface area (Å²) in [7, 11) is 0. The minimum absolute atomic E-state index is 0.0395. The largest absolute Gasteiger partial charge is 0.431 e. The number of rotatable bonds is 2. The normalized spacial score (nSPS) is 16.1. The van der Waals surface area contributed by atoms with Crippen LogP contribution in [0, 0.1) is 0 Å². The number of hydrazone groups is 1. The van der Waals surface area contributed by atoms with E-state index < -0.39 is 24.2 Å². The van der Waals surface area contributed by atoms with Crippen molar-refractivity contribution in [3.05, 3.63) is 34.3 Å². The quantitative estimate of drug-likeness (QED) is 0.824. The molecule has 1 aromatic rings. The molecule has 0 aromatic heterocycles. The van der Waals surface area contributed by atoms with Crippen LogP contribution in [0.15, 0.2) is 33.8 Å². The zero-order valence-electron chi connectivity index (χ0n) is 9.04. The van der Waals surface area contributed by atoms with Crippen molar-refractivity contribution >= 4 is 27.5 Å². The van der Waals surface area contributed by atoms with E-state index in [0.717, 1.165) is 9.48 Å². The highest BCUT2D eigenvalue weighted by Crippen LogP contribution is 2.25. The van der Waals surface area contributed by atoms with Crippen molar-refractivity contribution in [1.29, 1.82) is 0 Å². The van der Waals surface area contributed by atoms with E-state index >= 15 is 0 Å². The number of hydrogen-bond donors (Lipinski definition) is 0. The zero-order chi connectivity index (χ0) is 13.3. The summed E-state index contributed by atoms with van der Waals surface area (Å²) in [5, 5.41) is 4.18. The predicted octanol–water partition coefficient (Wildman–Crippen LogP) is 3.10. The summed E-state index contributed by atoms with van der Waals surface area (Å²) in [6.45, 7) is 0.0395. The molecule has 0 spiro atoms. The van der Waals surface area contributed by atoms with E-state index in [-0.39, 0.29) is 6.54 Å². The number of benzene rings is 1. The second-order valence-corrected chi connectivity index (χ2v) is 4.72. The van der Waals surface area contributed by atoms with Crippen LogP contribution in [-0.2, 0) is 11.3 Å². The van der Waals surface area contributed by atoms with Crippen molar-refractivity contribution in [2.24, 2.45) is 5.10 Å². The van der Waals surface area contributed by atoms with Gasteiger partial charge in [-0.1, -0.05) is 28.1 Å². The maximum atomic E-state index is 12.4. The molecule has 0 saturated heterocycles. The van der Waals surface area contributed by atoms with E-state index in [4.69, 9.17) is 0 Å². The Balaban J connectivity index is 2.15. The molecule has 1 heterocycles. The monoisotopic (exact) mass is 320 g/mol. The van der Waals surface area contributed by atoms with Gasteiger partial charge < -0.3 is 0 Å². The van der Waals surface area contributed by atoms with Crippen LogP contribution < -0.4 is 0 Å². The third-order valence-corrected chi connectivity index (χ3v) is 2.89. The first-order valence-corrected chi connectivity index (χ1v) is 5.85. The van der Waals surface area contributed by atoms with E-state index in [1.54, 1.807) is 24.3 Å². The van der Waals surface area contributed by atoms with Crippen LogP contribution in [0.5, 0.6) is 0 Å². The molecule has 0 atom stereocenters. The van der Waals surface area contributed by atoms with E-state index in [1.165, 1.54) is 0 Å². The van der Waals surface area contributed by atoms with Gasteiger partial charge in [0.2, 0.25) is 5.91 Å². The number of nitrogens with zero attached hydrogens (tertiary/aromatic N) is 2. The van der Waals surface area contributed by atoms with Gasteiger partial charge in [0, 0.05) is 4.47 Å². The molecular formula is C11H8BrF3N2O. The van der Waals surface area contributed by atoms with Gasteiger partial charge in [0.05, 0.1) is 13.0 Å². The molecule has 1 aliphatic heterocycles. The molecule has 0 saturated carbocycles. The lowest BCUT2D eigenvalue weighted by Crippen LogP contribution is -2.22. The Bertz CT molecular complexity index is 513. The van der Waals surface area contributed by atoms with Crippen molar-refractivity contribution in [3.63, 3.8) is 0 Å². The molecule has 1 aromatic carbocycles. The molecule has 1 amide bonds. The third kappa shape index (κ3) is 2.90. The van der Waals surface area contributed by atoms with Crippen LogP contribution in [0.4, 0.5) is 13.2 Å². The minimum atomic E-state index is -4.54. The highest BCUT2D eigenvalue weighted by atomic mass is 79.9. The van der Waals surface area contributed by atoms with Crippen LogP contribution in [-0.4, -0.2) is 22.8 Å². The lowest BCUT2D eigenvalue weighted by atomic mass is 10.2. The molecule has 18 heavy (non-hydrogen) atoms. The maximum absolute atomic E-state index is 12.4. The average Bonchev–Trinajstić information content (AvgIpc) is 2.60. The molecule has 0 aliphatic carbocycles. The Kier molecular flexibility index (Phi) is 3.43. The second kappa shape index (κ2) is 4.72. The number of carbonyl (C=O) groups excluding carboxylic acids is 1. The molecule has 0 bridgehead atoms. The zero-order valence-corrected chi connectivity index (χ0v) is 10.6. The van der Waals surface area contributed by atoms with Gasteiger partial charge in [0.1, 0.15) is 0 Å². The van der Waals surface area contributed by atoms with Crippen LogP contribution in [0.1, 0.15) is 12.0 Å². The van der Waals surface area contributed by atoms with Crippen molar-refractivity contribution in [2.45, 2.75) is 19.1 Å². The standard InChI is InChI=1S/C11H8BrF3N2O/c12-8-3-1-2-7(4-8)6-17-10(18)5-9(16-17)11(13,14)15/h1-4H,5-6H2. The Labute approximate surface area is 109 Å². The fourth-order valence-corrected chi connectivity index (χ4v) is 2.01. The smallest absolute Gasteiger partial charge is 0.273 e. The maximum Gasteiger partial charge on any atom is 0.431 e. The van der Waals surface area contributed by atoms with Crippen molar-refractivity contribution in [1.82, 2.24) is 5.01 Å². The molecule has 96 valence electrons. The molecule has 0 N–H and O–H groups in total. The first-order chi connectivity index (χ1) is 8.36. The van der Waals surface area contributed by atoms with E-state index in [1.807, 2.05) is 0 Å². The van der Waals surface area contributed by atoms with Crippen molar-refractivity contribution < 1.29 is 18.0 Å². The van der Waals surface area contributed by atoms with E-state index in [0.29, 0.717) is 5.56 Å². The highest BCUT2D eigenvalue weighted by Gasteiger charge is 2.42. The predicted molar refractivity (Wildman–Crippen MR) is 62.8 cm³/mol. The Morgan fingerprint density at radius 1 is 1.39 bits per heavy atom. The molecule has 0 unspecified atom stereocenters. The molecule has 2 rings (SSSR count). The third-order valence-electron chi connectivity index (χ3n) is 2.40. The Hall–Kier alpha value is -1.37. The summed E-state index contributed by atoms with van der Waals surface area (Å²) in [5.41, 5.74) is -0.326. The van der Waals surface area contributed by atoms with E-state index in [9.17, 15) is 18.0 Å². The summed E-state index contributed by atoms with van der Waals surface area (Å²) in [5.74, 6) is -0.637. The van der Waals surface area contributed by atoms with E-state index in [2.05, 4.69) is 21.0 Å². The summed E-state index contributed by atoms with van der Waals surface area (Å²) < 4.78 is 38.0. The topological polar surface area (TPSA) is 32.7 Å². The lowest BCUT2D eigenvalue weighted by Gasteiger charge is -2.11. The van der Waals surface area contributed by atoms with Gasteiger partial charge in [0.15, 0.2) is 5.71 Å². The number of hydrogen-bond acceptors (Lipinski definition) is 2. The number of alkyl halides is 3. The molecule has 0 radical (unpaired) electrons. The fraction of sp³-hybridized carbons (Fsp3) is 0.273. The van der Waals surface area contributed by atoms with Gasteiger partial charge in [-0.25, -0.2) is 5.01 Å². The molecule has 1 aliphatic rings. The lowest BCUT2D eigenvalue weighted by molar-refractivity contribution is -0.129. The first kappa shape index (κ1) is 13.1. The molecule has 3 nitrogen and oxygen atoms in total. The first-order valence-electron chi connectivity index (χ1n) is 5.06. The van der Waals surface area contributed by atoms with Gasteiger partial charge in [-0.2, -0.15) is 18.3 Å². The summed E-state index contributed by atoms with van der Waals surface area (Å²) in [4.78, 5) is 11.4.